The fraction of sp³-hybridized carbons (Fsp3) is 0.923. The van der Waals surface area contributed by atoms with Crippen LogP contribution in [0.15, 0.2) is 0 Å². The molecule has 3 nitrogen and oxygen atoms in total. The summed E-state index contributed by atoms with van der Waals surface area (Å²) in [5.41, 5.74) is 0.159. The van der Waals surface area contributed by atoms with Crippen molar-refractivity contribution < 1.29 is 9.53 Å². The third kappa shape index (κ3) is 2.95. The van der Waals surface area contributed by atoms with Crippen LogP contribution in [0.4, 0.5) is 4.79 Å². The number of alkyl halides is 1. The smallest absolute Gasteiger partial charge is 0.410 e. The van der Waals surface area contributed by atoms with E-state index >= 15 is 0 Å². The maximum atomic E-state index is 11.9. The second-order valence-corrected chi connectivity index (χ2v) is 7.03. The summed E-state index contributed by atoms with van der Waals surface area (Å²) in [6, 6.07) is 0. The van der Waals surface area contributed by atoms with Gasteiger partial charge in [-0.25, -0.2) is 4.79 Å². The molecule has 0 aromatic rings. The van der Waals surface area contributed by atoms with Crippen LogP contribution in [0, 0.1) is 11.3 Å². The molecule has 0 aromatic heterocycles. The minimum Gasteiger partial charge on any atom is -0.444 e. The molecule has 1 aliphatic heterocycles. The van der Waals surface area contributed by atoms with Crippen molar-refractivity contribution >= 4 is 22.0 Å². The number of ether oxygens (including phenoxy) is 1. The normalized spacial score (nSPS) is 27.1. The van der Waals surface area contributed by atoms with Gasteiger partial charge in [0.2, 0.25) is 0 Å². The summed E-state index contributed by atoms with van der Waals surface area (Å²) in [7, 11) is 0. The van der Waals surface area contributed by atoms with E-state index < -0.39 is 0 Å². The van der Waals surface area contributed by atoms with Gasteiger partial charge in [-0.05, 0) is 51.4 Å². The molecule has 0 aromatic carbocycles. The van der Waals surface area contributed by atoms with Crippen molar-refractivity contribution in [2.75, 3.05) is 18.4 Å². The maximum Gasteiger partial charge on any atom is 0.410 e. The van der Waals surface area contributed by atoms with Crippen molar-refractivity contribution in [1.29, 1.82) is 0 Å². The Bertz CT molecular complexity index is 303. The summed E-state index contributed by atoms with van der Waals surface area (Å²) in [6.07, 6.45) is 3.47. The monoisotopic (exact) mass is 303 g/mol. The molecule has 1 amide bonds. The molecule has 0 radical (unpaired) electrons. The number of carbonyl (C=O) groups excluding carboxylic acids is 1. The van der Waals surface area contributed by atoms with E-state index in [-0.39, 0.29) is 11.7 Å². The van der Waals surface area contributed by atoms with Crippen molar-refractivity contribution in [3.63, 3.8) is 0 Å². The number of nitrogens with zero attached hydrogens (tertiary/aromatic N) is 1. The zero-order valence-corrected chi connectivity index (χ0v) is 12.5. The lowest BCUT2D eigenvalue weighted by Gasteiger charge is -2.34. The SMILES string of the molecule is CC(C)(C)OC(=O)N1CCC2(CC1)C[C@@H]2CBr. The first kappa shape index (κ1) is 13.2. The van der Waals surface area contributed by atoms with Crippen LogP contribution in [-0.2, 0) is 4.74 Å². The highest BCUT2D eigenvalue weighted by Crippen LogP contribution is 2.59. The van der Waals surface area contributed by atoms with Crippen molar-refractivity contribution in [3.8, 4) is 0 Å². The topological polar surface area (TPSA) is 29.5 Å². The van der Waals surface area contributed by atoms with E-state index in [2.05, 4.69) is 15.9 Å². The van der Waals surface area contributed by atoms with Crippen molar-refractivity contribution in [2.24, 2.45) is 11.3 Å². The van der Waals surface area contributed by atoms with Gasteiger partial charge in [0.25, 0.3) is 0 Å². The van der Waals surface area contributed by atoms with E-state index in [0.29, 0.717) is 5.41 Å². The quantitative estimate of drug-likeness (QED) is 0.695. The molecule has 1 heterocycles. The lowest BCUT2D eigenvalue weighted by molar-refractivity contribution is 0.0167. The van der Waals surface area contributed by atoms with Gasteiger partial charge in [0, 0.05) is 18.4 Å². The highest BCUT2D eigenvalue weighted by Gasteiger charge is 2.54. The Labute approximate surface area is 112 Å². The first-order valence-electron chi connectivity index (χ1n) is 6.40. The fourth-order valence-corrected chi connectivity index (χ4v) is 3.64. The zero-order chi connectivity index (χ0) is 12.7. The third-order valence-electron chi connectivity index (χ3n) is 3.96. The number of hydrogen-bond acceptors (Lipinski definition) is 2. The molecule has 17 heavy (non-hydrogen) atoms. The molecule has 0 N–H and O–H groups in total. The van der Waals surface area contributed by atoms with Gasteiger partial charge in [0.05, 0.1) is 0 Å². The second-order valence-electron chi connectivity index (χ2n) is 6.39. The molecule has 2 rings (SSSR count). The maximum absolute atomic E-state index is 11.9. The van der Waals surface area contributed by atoms with Crippen LogP contribution in [0.1, 0.15) is 40.0 Å². The van der Waals surface area contributed by atoms with Gasteiger partial charge in [0.1, 0.15) is 5.60 Å². The number of likely N-dealkylation sites (tertiary alicyclic amines) is 1. The number of halogens is 1. The Morgan fingerprint density at radius 1 is 1.41 bits per heavy atom. The molecule has 98 valence electrons. The van der Waals surface area contributed by atoms with E-state index in [1.54, 1.807) is 0 Å². The molecule has 1 atom stereocenters. The molecule has 2 aliphatic rings. The molecule has 1 spiro atoms. The first-order chi connectivity index (χ1) is 7.86. The first-order valence-corrected chi connectivity index (χ1v) is 7.52. The van der Waals surface area contributed by atoms with Gasteiger partial charge < -0.3 is 9.64 Å². The van der Waals surface area contributed by atoms with Crippen LogP contribution in [-0.4, -0.2) is 35.0 Å². The molecular formula is C13H22BrNO2. The average Bonchev–Trinajstić information content (AvgIpc) is 2.90. The Morgan fingerprint density at radius 2 is 2.00 bits per heavy atom. The summed E-state index contributed by atoms with van der Waals surface area (Å²) in [5, 5.41) is 1.11. The fourth-order valence-electron chi connectivity index (χ4n) is 2.72. The van der Waals surface area contributed by atoms with Crippen molar-refractivity contribution in [3.05, 3.63) is 0 Å². The highest BCUT2D eigenvalue weighted by molar-refractivity contribution is 9.09. The molecule has 2 fully saturated rings. The van der Waals surface area contributed by atoms with Gasteiger partial charge in [-0.15, -0.1) is 0 Å². The summed E-state index contributed by atoms with van der Waals surface area (Å²) < 4.78 is 5.40. The van der Waals surface area contributed by atoms with Crippen molar-refractivity contribution in [2.45, 2.75) is 45.6 Å². The largest absolute Gasteiger partial charge is 0.444 e. The number of piperidine rings is 1. The summed E-state index contributed by atoms with van der Waals surface area (Å²) >= 11 is 3.57. The van der Waals surface area contributed by atoms with Gasteiger partial charge in [0.15, 0.2) is 0 Å². The van der Waals surface area contributed by atoms with Crippen molar-refractivity contribution in [1.82, 2.24) is 4.90 Å². The number of hydrogen-bond donors (Lipinski definition) is 0. The minimum absolute atomic E-state index is 0.150. The molecule has 0 unspecified atom stereocenters. The predicted octanol–water partition coefficient (Wildman–Crippen LogP) is 3.42. The minimum atomic E-state index is -0.385. The van der Waals surface area contributed by atoms with Crippen LogP contribution in [0.3, 0.4) is 0 Å². The van der Waals surface area contributed by atoms with E-state index in [9.17, 15) is 4.79 Å². The summed E-state index contributed by atoms with van der Waals surface area (Å²) in [5.74, 6) is 0.836. The average molecular weight is 304 g/mol. The predicted molar refractivity (Wildman–Crippen MR) is 71.4 cm³/mol. The van der Waals surface area contributed by atoms with Crippen LogP contribution in [0.2, 0.25) is 0 Å². The number of rotatable bonds is 1. The van der Waals surface area contributed by atoms with Crippen LogP contribution < -0.4 is 0 Å². The van der Waals surface area contributed by atoms with E-state index in [4.69, 9.17) is 4.74 Å². The van der Waals surface area contributed by atoms with Crippen LogP contribution >= 0.6 is 15.9 Å². The Hall–Kier alpha value is -0.250. The molecule has 4 heteroatoms. The Balaban J connectivity index is 1.82. The lowest BCUT2D eigenvalue weighted by atomic mass is 9.91. The molecule has 1 aliphatic carbocycles. The highest BCUT2D eigenvalue weighted by atomic mass is 79.9. The second kappa shape index (κ2) is 4.45. The number of amides is 1. The summed E-state index contributed by atoms with van der Waals surface area (Å²) in [6.45, 7) is 7.46. The number of carbonyl (C=O) groups is 1. The standard InChI is InChI=1S/C13H22BrNO2/c1-12(2,3)17-11(16)15-6-4-13(5-7-15)8-10(13)9-14/h10H,4-9H2,1-3H3/t10-/m1/s1. The molecule has 0 bridgehead atoms. The van der Waals surface area contributed by atoms with Gasteiger partial charge in [-0.3, -0.25) is 0 Å². The lowest BCUT2D eigenvalue weighted by Crippen LogP contribution is -2.42. The van der Waals surface area contributed by atoms with E-state index in [1.165, 1.54) is 6.42 Å². The molecule has 1 saturated heterocycles. The van der Waals surface area contributed by atoms with Crippen LogP contribution in [0.5, 0.6) is 0 Å². The molecule has 1 saturated carbocycles. The molecular weight excluding hydrogens is 282 g/mol. The van der Waals surface area contributed by atoms with Gasteiger partial charge in [-0.2, -0.15) is 0 Å². The van der Waals surface area contributed by atoms with Gasteiger partial charge >= 0.3 is 6.09 Å². The van der Waals surface area contributed by atoms with E-state index in [1.807, 2.05) is 25.7 Å². The van der Waals surface area contributed by atoms with Gasteiger partial charge in [-0.1, -0.05) is 15.9 Å². The zero-order valence-electron chi connectivity index (χ0n) is 11.0. The Kier molecular flexibility index (Phi) is 3.45. The third-order valence-corrected chi connectivity index (χ3v) is 4.74. The van der Waals surface area contributed by atoms with Crippen LogP contribution in [0.25, 0.3) is 0 Å². The Morgan fingerprint density at radius 3 is 2.41 bits per heavy atom. The summed E-state index contributed by atoms with van der Waals surface area (Å²) in [4.78, 5) is 13.8. The van der Waals surface area contributed by atoms with E-state index in [0.717, 1.165) is 37.2 Å².